The minimum Gasteiger partial charge on any atom is -0.478 e. The van der Waals surface area contributed by atoms with Crippen molar-refractivity contribution in [2.24, 2.45) is 5.92 Å². The number of aromatic nitrogens is 1. The lowest BCUT2D eigenvalue weighted by Gasteiger charge is -2.10. The smallest absolute Gasteiger partial charge is 0.335 e. The molecular weight excluding hydrogens is 244 g/mol. The molecule has 0 aromatic carbocycles. The van der Waals surface area contributed by atoms with Crippen LogP contribution < -0.4 is 5.32 Å². The number of pyridine rings is 1. The molecule has 3 N–H and O–H groups in total. The molecule has 1 rings (SSSR count). The fraction of sp³-hybridized carbons (Fsp3) is 0.571. The molecule has 5 heteroatoms. The highest BCUT2D eigenvalue weighted by Gasteiger charge is 2.07. The highest BCUT2D eigenvalue weighted by atomic mass is 16.4. The monoisotopic (exact) mass is 266 g/mol. The number of aliphatic hydroxyl groups is 1. The fourth-order valence-electron chi connectivity index (χ4n) is 1.74. The van der Waals surface area contributed by atoms with Crippen molar-refractivity contribution in [3.05, 3.63) is 23.4 Å². The van der Waals surface area contributed by atoms with E-state index in [0.29, 0.717) is 18.2 Å². The van der Waals surface area contributed by atoms with E-state index in [2.05, 4.69) is 10.3 Å². The molecule has 1 atom stereocenters. The molecule has 5 nitrogen and oxygen atoms in total. The SMILES string of the molecule is CCc1cc(C(=O)O)cc(NCCCC(C)CO)n1. The molecule has 1 aromatic heterocycles. The number of carboxylic acid groups (broad SMARTS) is 1. The van der Waals surface area contributed by atoms with Gasteiger partial charge in [0, 0.05) is 18.8 Å². The van der Waals surface area contributed by atoms with Gasteiger partial charge in [-0.1, -0.05) is 13.8 Å². The predicted octanol–water partition coefficient (Wildman–Crippen LogP) is 2.16. The molecule has 0 spiro atoms. The second-order valence-corrected chi connectivity index (χ2v) is 4.75. The van der Waals surface area contributed by atoms with E-state index < -0.39 is 5.97 Å². The zero-order chi connectivity index (χ0) is 14.3. The molecular formula is C14H22N2O3. The summed E-state index contributed by atoms with van der Waals surface area (Å²) in [6.07, 6.45) is 2.56. The summed E-state index contributed by atoms with van der Waals surface area (Å²) in [4.78, 5) is 15.3. The maximum atomic E-state index is 11.0. The van der Waals surface area contributed by atoms with Gasteiger partial charge in [-0.2, -0.15) is 0 Å². The molecule has 0 bridgehead atoms. The van der Waals surface area contributed by atoms with Gasteiger partial charge in [0.1, 0.15) is 5.82 Å². The van der Waals surface area contributed by atoms with Crippen molar-refractivity contribution in [2.75, 3.05) is 18.5 Å². The number of aromatic carboxylic acids is 1. The van der Waals surface area contributed by atoms with Crippen molar-refractivity contribution in [1.29, 1.82) is 0 Å². The van der Waals surface area contributed by atoms with Crippen LogP contribution >= 0.6 is 0 Å². The van der Waals surface area contributed by atoms with Crippen LogP contribution in [0.3, 0.4) is 0 Å². The van der Waals surface area contributed by atoms with E-state index in [-0.39, 0.29) is 12.2 Å². The second-order valence-electron chi connectivity index (χ2n) is 4.75. The van der Waals surface area contributed by atoms with Crippen LogP contribution in [-0.4, -0.2) is 34.3 Å². The van der Waals surface area contributed by atoms with Crippen molar-refractivity contribution >= 4 is 11.8 Å². The second kappa shape index (κ2) is 7.74. The van der Waals surface area contributed by atoms with Crippen LogP contribution in [0, 0.1) is 5.92 Å². The molecule has 0 aliphatic heterocycles. The first-order valence-corrected chi connectivity index (χ1v) is 6.65. The number of nitrogens with zero attached hydrogens (tertiary/aromatic N) is 1. The van der Waals surface area contributed by atoms with Crippen molar-refractivity contribution in [3.63, 3.8) is 0 Å². The van der Waals surface area contributed by atoms with Gasteiger partial charge in [-0.15, -0.1) is 0 Å². The number of nitrogens with one attached hydrogen (secondary N) is 1. The van der Waals surface area contributed by atoms with E-state index >= 15 is 0 Å². The number of aryl methyl sites for hydroxylation is 1. The van der Waals surface area contributed by atoms with E-state index in [1.54, 1.807) is 12.1 Å². The highest BCUT2D eigenvalue weighted by Crippen LogP contribution is 2.12. The number of aliphatic hydroxyl groups excluding tert-OH is 1. The van der Waals surface area contributed by atoms with Crippen LogP contribution in [0.5, 0.6) is 0 Å². The number of carbonyl (C=O) groups is 1. The van der Waals surface area contributed by atoms with Crippen molar-refractivity contribution in [1.82, 2.24) is 4.98 Å². The zero-order valence-corrected chi connectivity index (χ0v) is 11.5. The molecule has 0 amide bonds. The van der Waals surface area contributed by atoms with Gasteiger partial charge in [0.25, 0.3) is 0 Å². The van der Waals surface area contributed by atoms with Crippen molar-refractivity contribution < 1.29 is 15.0 Å². The number of carboxylic acids is 1. The Morgan fingerprint density at radius 2 is 2.21 bits per heavy atom. The van der Waals surface area contributed by atoms with Gasteiger partial charge >= 0.3 is 5.97 Å². The van der Waals surface area contributed by atoms with Crippen LogP contribution in [0.15, 0.2) is 12.1 Å². The van der Waals surface area contributed by atoms with E-state index in [9.17, 15) is 4.79 Å². The zero-order valence-electron chi connectivity index (χ0n) is 11.5. The minimum atomic E-state index is -0.936. The Kier molecular flexibility index (Phi) is 6.29. The molecule has 1 heterocycles. The topological polar surface area (TPSA) is 82.5 Å². The van der Waals surface area contributed by atoms with Crippen molar-refractivity contribution in [2.45, 2.75) is 33.1 Å². The van der Waals surface area contributed by atoms with Gasteiger partial charge in [-0.25, -0.2) is 9.78 Å². The number of hydrogen-bond acceptors (Lipinski definition) is 4. The largest absolute Gasteiger partial charge is 0.478 e. The van der Waals surface area contributed by atoms with Gasteiger partial charge in [-0.05, 0) is 37.3 Å². The first-order valence-electron chi connectivity index (χ1n) is 6.65. The number of anilines is 1. The Bertz CT molecular complexity index is 421. The van der Waals surface area contributed by atoms with Crippen LogP contribution in [0.25, 0.3) is 0 Å². The molecule has 0 saturated heterocycles. The minimum absolute atomic E-state index is 0.201. The van der Waals surface area contributed by atoms with Crippen LogP contribution in [-0.2, 0) is 6.42 Å². The third-order valence-corrected chi connectivity index (χ3v) is 2.98. The molecule has 106 valence electrons. The maximum Gasteiger partial charge on any atom is 0.335 e. The van der Waals surface area contributed by atoms with Gasteiger partial charge in [0.2, 0.25) is 0 Å². The maximum absolute atomic E-state index is 11.0. The molecule has 0 aliphatic carbocycles. The van der Waals surface area contributed by atoms with E-state index in [0.717, 1.165) is 25.1 Å². The summed E-state index contributed by atoms with van der Waals surface area (Å²) >= 11 is 0. The molecule has 1 unspecified atom stereocenters. The van der Waals surface area contributed by atoms with E-state index in [4.69, 9.17) is 10.2 Å². The molecule has 0 saturated carbocycles. The van der Waals surface area contributed by atoms with E-state index in [1.807, 2.05) is 13.8 Å². The first-order chi connectivity index (χ1) is 9.06. The van der Waals surface area contributed by atoms with Crippen LogP contribution in [0.4, 0.5) is 5.82 Å². The quantitative estimate of drug-likeness (QED) is 0.628. The molecule has 0 fully saturated rings. The Morgan fingerprint density at radius 3 is 2.79 bits per heavy atom. The molecule has 0 aliphatic rings. The van der Waals surface area contributed by atoms with Gasteiger partial charge in [-0.3, -0.25) is 0 Å². The average Bonchev–Trinajstić information content (AvgIpc) is 2.42. The summed E-state index contributed by atoms with van der Waals surface area (Å²) in [5, 5.41) is 21.1. The van der Waals surface area contributed by atoms with Crippen molar-refractivity contribution in [3.8, 4) is 0 Å². The predicted molar refractivity (Wildman–Crippen MR) is 74.5 cm³/mol. The molecule has 19 heavy (non-hydrogen) atoms. The lowest BCUT2D eigenvalue weighted by Crippen LogP contribution is -2.09. The number of hydrogen-bond donors (Lipinski definition) is 3. The fourth-order valence-corrected chi connectivity index (χ4v) is 1.74. The summed E-state index contributed by atoms with van der Waals surface area (Å²) < 4.78 is 0. The van der Waals surface area contributed by atoms with E-state index in [1.165, 1.54) is 0 Å². The Balaban J connectivity index is 2.57. The third-order valence-electron chi connectivity index (χ3n) is 2.98. The highest BCUT2D eigenvalue weighted by molar-refractivity contribution is 5.88. The normalized spacial score (nSPS) is 12.2. The third kappa shape index (κ3) is 5.26. The van der Waals surface area contributed by atoms with Crippen LogP contribution in [0.2, 0.25) is 0 Å². The summed E-state index contributed by atoms with van der Waals surface area (Å²) in [5.41, 5.74) is 1.03. The summed E-state index contributed by atoms with van der Waals surface area (Å²) in [7, 11) is 0. The van der Waals surface area contributed by atoms with Crippen LogP contribution in [0.1, 0.15) is 42.7 Å². The van der Waals surface area contributed by atoms with Gasteiger partial charge in [0.05, 0.1) is 5.56 Å². The van der Waals surface area contributed by atoms with Gasteiger partial charge in [0.15, 0.2) is 0 Å². The lowest BCUT2D eigenvalue weighted by atomic mass is 10.1. The average molecular weight is 266 g/mol. The summed E-state index contributed by atoms with van der Waals surface area (Å²) in [5.74, 6) is -0.0335. The Morgan fingerprint density at radius 1 is 1.47 bits per heavy atom. The summed E-state index contributed by atoms with van der Waals surface area (Å²) in [6.45, 7) is 4.87. The van der Waals surface area contributed by atoms with Gasteiger partial charge < -0.3 is 15.5 Å². The first kappa shape index (κ1) is 15.4. The lowest BCUT2D eigenvalue weighted by molar-refractivity contribution is 0.0696. The standard InChI is InChI=1S/C14H22N2O3/c1-3-12-7-11(14(18)19)8-13(16-12)15-6-4-5-10(2)9-17/h7-8,10,17H,3-6,9H2,1-2H3,(H,15,16)(H,18,19). The Labute approximate surface area is 113 Å². The summed E-state index contributed by atoms with van der Waals surface area (Å²) in [6, 6.07) is 3.15. The number of rotatable bonds is 8. The molecule has 0 radical (unpaired) electrons. The molecule has 1 aromatic rings. The Hall–Kier alpha value is -1.62.